The summed E-state index contributed by atoms with van der Waals surface area (Å²) in [4.78, 5) is 28.9. The smallest absolute Gasteiger partial charge is 0.233 e. The Balaban J connectivity index is 1.28. The Hall–Kier alpha value is -3.19. The number of nitrogens with zero attached hydrogens (tertiary/aromatic N) is 4. The number of piperazine rings is 1. The largest absolute Gasteiger partial charge is 0.338 e. The monoisotopic (exact) mass is 488 g/mol. The van der Waals surface area contributed by atoms with Crippen LogP contribution in [-0.2, 0) is 9.59 Å². The molecule has 7 heteroatoms. The van der Waals surface area contributed by atoms with Gasteiger partial charge >= 0.3 is 0 Å². The van der Waals surface area contributed by atoms with E-state index in [-0.39, 0.29) is 17.9 Å². The fourth-order valence-electron chi connectivity index (χ4n) is 4.26. The van der Waals surface area contributed by atoms with Crippen LogP contribution in [0.25, 0.3) is 22.4 Å². The number of carbonyl (C=O) groups excluding carboxylic acids is 2. The van der Waals surface area contributed by atoms with E-state index in [1.54, 1.807) is 0 Å². The maximum Gasteiger partial charge on any atom is 0.233 e. The molecule has 182 valence electrons. The van der Waals surface area contributed by atoms with Crippen molar-refractivity contribution in [1.82, 2.24) is 20.0 Å². The molecule has 2 aromatic carbocycles. The quantitative estimate of drug-likeness (QED) is 0.438. The highest BCUT2D eigenvalue weighted by atomic mass is 32.2. The van der Waals surface area contributed by atoms with E-state index < -0.39 is 0 Å². The lowest BCUT2D eigenvalue weighted by molar-refractivity contribution is -0.141. The Morgan fingerprint density at radius 1 is 0.886 bits per heavy atom. The molecule has 0 spiro atoms. The number of hydrogen-bond donors (Lipinski definition) is 0. The first kappa shape index (κ1) is 24.9. The molecule has 35 heavy (non-hydrogen) atoms. The summed E-state index contributed by atoms with van der Waals surface area (Å²) in [6, 6.07) is 22.4. The normalized spacial score (nSPS) is 15.9. The van der Waals surface area contributed by atoms with Crippen LogP contribution in [0.5, 0.6) is 0 Å². The Morgan fingerprint density at radius 3 is 2.20 bits per heavy atom. The highest BCUT2D eigenvalue weighted by molar-refractivity contribution is 7.99. The van der Waals surface area contributed by atoms with E-state index >= 15 is 0 Å². The van der Waals surface area contributed by atoms with Gasteiger partial charge in [0.1, 0.15) is 5.03 Å². The zero-order valence-electron chi connectivity index (χ0n) is 20.6. The SMILES string of the molecule is CC(C)CC(=O)N1CCN(C(=O)CSc2ccc(-c3ccc(-c4ccccc4)cc3)nn2)CC1C. The molecule has 1 aliphatic heterocycles. The van der Waals surface area contributed by atoms with Crippen LogP contribution >= 0.6 is 11.8 Å². The molecular weight excluding hydrogens is 456 g/mol. The van der Waals surface area contributed by atoms with E-state index in [4.69, 9.17) is 0 Å². The van der Waals surface area contributed by atoms with Gasteiger partial charge in [0, 0.05) is 37.7 Å². The van der Waals surface area contributed by atoms with Crippen molar-refractivity contribution in [3.63, 3.8) is 0 Å². The van der Waals surface area contributed by atoms with Gasteiger partial charge in [0.25, 0.3) is 0 Å². The molecular formula is C28H32N4O2S. The summed E-state index contributed by atoms with van der Waals surface area (Å²) < 4.78 is 0. The molecule has 2 heterocycles. The minimum absolute atomic E-state index is 0.0382. The fourth-order valence-corrected chi connectivity index (χ4v) is 4.98. The third-order valence-corrected chi connectivity index (χ3v) is 7.06. The maximum atomic E-state index is 12.8. The third kappa shape index (κ3) is 6.48. The Morgan fingerprint density at radius 2 is 1.57 bits per heavy atom. The van der Waals surface area contributed by atoms with Gasteiger partial charge in [-0.05, 0) is 36.1 Å². The number of hydrogen-bond acceptors (Lipinski definition) is 5. The first-order chi connectivity index (χ1) is 16.9. The van der Waals surface area contributed by atoms with Crippen LogP contribution in [0.1, 0.15) is 27.2 Å². The summed E-state index contributed by atoms with van der Waals surface area (Å²) in [5.74, 6) is 0.901. The summed E-state index contributed by atoms with van der Waals surface area (Å²) in [6.45, 7) is 7.87. The predicted molar refractivity (Wildman–Crippen MR) is 141 cm³/mol. The molecule has 1 saturated heterocycles. The van der Waals surface area contributed by atoms with E-state index in [0.29, 0.717) is 37.7 Å². The van der Waals surface area contributed by atoms with Crippen molar-refractivity contribution >= 4 is 23.6 Å². The van der Waals surface area contributed by atoms with Crippen LogP contribution in [0.15, 0.2) is 71.8 Å². The molecule has 1 aromatic heterocycles. The Bertz CT molecular complexity index is 1130. The van der Waals surface area contributed by atoms with Crippen molar-refractivity contribution in [3.05, 3.63) is 66.7 Å². The van der Waals surface area contributed by atoms with Crippen molar-refractivity contribution in [3.8, 4) is 22.4 Å². The second-order valence-corrected chi connectivity index (χ2v) is 10.4. The van der Waals surface area contributed by atoms with E-state index in [2.05, 4.69) is 60.4 Å². The van der Waals surface area contributed by atoms with Gasteiger partial charge in [0.15, 0.2) is 0 Å². The standard InChI is InChI=1S/C28H32N4O2S/c1-20(2)17-27(33)32-16-15-31(18-21(32)3)28(34)19-35-26-14-13-25(29-30-26)24-11-9-23(10-12-24)22-7-5-4-6-8-22/h4-14,20-21H,15-19H2,1-3H3. The zero-order chi connectivity index (χ0) is 24.8. The molecule has 1 unspecified atom stereocenters. The third-order valence-electron chi connectivity index (χ3n) is 6.15. The number of benzene rings is 2. The summed E-state index contributed by atoms with van der Waals surface area (Å²) in [7, 11) is 0. The van der Waals surface area contributed by atoms with Gasteiger partial charge in [-0.3, -0.25) is 9.59 Å². The van der Waals surface area contributed by atoms with Crippen LogP contribution in [0, 0.1) is 5.92 Å². The molecule has 0 N–H and O–H groups in total. The van der Waals surface area contributed by atoms with Crippen molar-refractivity contribution in [2.45, 2.75) is 38.3 Å². The lowest BCUT2D eigenvalue weighted by atomic mass is 10.0. The molecule has 6 nitrogen and oxygen atoms in total. The average molecular weight is 489 g/mol. The molecule has 3 aromatic rings. The first-order valence-electron chi connectivity index (χ1n) is 12.1. The van der Waals surface area contributed by atoms with E-state index in [0.717, 1.165) is 21.8 Å². The number of thioether (sulfide) groups is 1. The lowest BCUT2D eigenvalue weighted by Gasteiger charge is -2.40. The number of carbonyl (C=O) groups is 2. The Kier molecular flexibility index (Phi) is 8.18. The number of amides is 2. The van der Waals surface area contributed by atoms with Gasteiger partial charge in [0.2, 0.25) is 11.8 Å². The summed E-state index contributed by atoms with van der Waals surface area (Å²) in [5.41, 5.74) is 4.15. The maximum absolute atomic E-state index is 12.8. The Labute approximate surface area is 211 Å². The second-order valence-electron chi connectivity index (χ2n) is 9.36. The summed E-state index contributed by atoms with van der Waals surface area (Å²) in [5, 5.41) is 9.41. The number of rotatable bonds is 7. The molecule has 1 atom stereocenters. The molecule has 0 aliphatic carbocycles. The predicted octanol–water partition coefficient (Wildman–Crippen LogP) is 5.01. The minimum Gasteiger partial charge on any atom is -0.338 e. The van der Waals surface area contributed by atoms with Gasteiger partial charge < -0.3 is 9.80 Å². The van der Waals surface area contributed by atoms with Gasteiger partial charge in [-0.15, -0.1) is 10.2 Å². The van der Waals surface area contributed by atoms with Crippen molar-refractivity contribution < 1.29 is 9.59 Å². The second kappa shape index (κ2) is 11.5. The molecule has 4 rings (SSSR count). The number of aromatic nitrogens is 2. The molecule has 1 aliphatic rings. The average Bonchev–Trinajstić information content (AvgIpc) is 2.87. The molecule has 2 amide bonds. The highest BCUT2D eigenvalue weighted by Gasteiger charge is 2.29. The molecule has 1 fully saturated rings. The van der Waals surface area contributed by atoms with Gasteiger partial charge in [0.05, 0.1) is 11.4 Å². The van der Waals surface area contributed by atoms with Crippen LogP contribution in [-0.4, -0.2) is 63.2 Å². The van der Waals surface area contributed by atoms with Crippen LogP contribution in [0.4, 0.5) is 0 Å². The lowest BCUT2D eigenvalue weighted by Crippen LogP contribution is -2.55. The summed E-state index contributed by atoms with van der Waals surface area (Å²) in [6.07, 6.45) is 0.556. The first-order valence-corrected chi connectivity index (χ1v) is 13.1. The van der Waals surface area contributed by atoms with Gasteiger partial charge in [-0.2, -0.15) is 0 Å². The van der Waals surface area contributed by atoms with Gasteiger partial charge in [-0.25, -0.2) is 0 Å². The van der Waals surface area contributed by atoms with Crippen LogP contribution in [0.2, 0.25) is 0 Å². The van der Waals surface area contributed by atoms with Crippen LogP contribution < -0.4 is 0 Å². The molecule has 0 saturated carbocycles. The van der Waals surface area contributed by atoms with E-state index in [1.807, 2.05) is 47.1 Å². The highest BCUT2D eigenvalue weighted by Crippen LogP contribution is 2.25. The van der Waals surface area contributed by atoms with Crippen molar-refractivity contribution in [2.24, 2.45) is 5.92 Å². The van der Waals surface area contributed by atoms with Gasteiger partial charge in [-0.1, -0.05) is 80.2 Å². The zero-order valence-corrected chi connectivity index (χ0v) is 21.4. The van der Waals surface area contributed by atoms with E-state index in [9.17, 15) is 9.59 Å². The molecule has 0 radical (unpaired) electrons. The van der Waals surface area contributed by atoms with Crippen LogP contribution in [0.3, 0.4) is 0 Å². The van der Waals surface area contributed by atoms with Crippen molar-refractivity contribution in [2.75, 3.05) is 25.4 Å². The van der Waals surface area contributed by atoms with E-state index in [1.165, 1.54) is 17.3 Å². The topological polar surface area (TPSA) is 66.4 Å². The van der Waals surface area contributed by atoms with Crippen molar-refractivity contribution in [1.29, 1.82) is 0 Å². The molecule has 0 bridgehead atoms. The fraction of sp³-hybridized carbons (Fsp3) is 0.357. The minimum atomic E-state index is 0.0382. The summed E-state index contributed by atoms with van der Waals surface area (Å²) >= 11 is 1.40.